The molecular formula is C10H21NO. The summed E-state index contributed by atoms with van der Waals surface area (Å²) in [6.07, 6.45) is 2.79. The minimum atomic E-state index is 0.256. The Morgan fingerprint density at radius 2 is 2.25 bits per heavy atom. The van der Waals surface area contributed by atoms with E-state index in [1.165, 1.54) is 6.42 Å². The van der Waals surface area contributed by atoms with Crippen molar-refractivity contribution in [1.29, 1.82) is 0 Å². The number of nitrogens with one attached hydrogen (secondary N) is 1. The standard InChI is InChI=1S/C10H21NO/c1-5-8(2)9-6-10(3,4)11-7-12-9/h8-9,11H,5-7H2,1-4H3. The fraction of sp³-hybridized carbons (Fsp3) is 1.00. The lowest BCUT2D eigenvalue weighted by atomic mass is 9.88. The van der Waals surface area contributed by atoms with E-state index in [4.69, 9.17) is 4.74 Å². The van der Waals surface area contributed by atoms with Crippen LogP contribution >= 0.6 is 0 Å². The van der Waals surface area contributed by atoms with E-state index in [0.717, 1.165) is 6.42 Å². The van der Waals surface area contributed by atoms with Gasteiger partial charge < -0.3 is 4.74 Å². The van der Waals surface area contributed by atoms with E-state index < -0.39 is 0 Å². The molecule has 12 heavy (non-hydrogen) atoms. The Kier molecular flexibility index (Phi) is 3.13. The van der Waals surface area contributed by atoms with Crippen molar-refractivity contribution in [3.8, 4) is 0 Å². The van der Waals surface area contributed by atoms with Crippen LogP contribution in [0.5, 0.6) is 0 Å². The fourth-order valence-corrected chi connectivity index (χ4v) is 1.61. The van der Waals surface area contributed by atoms with Crippen molar-refractivity contribution in [2.24, 2.45) is 5.92 Å². The Hall–Kier alpha value is -0.0800. The third-order valence-electron chi connectivity index (χ3n) is 2.84. The van der Waals surface area contributed by atoms with Crippen molar-refractivity contribution in [3.63, 3.8) is 0 Å². The normalized spacial score (nSPS) is 31.5. The van der Waals surface area contributed by atoms with Crippen LogP contribution in [0.3, 0.4) is 0 Å². The Labute approximate surface area is 75.7 Å². The quantitative estimate of drug-likeness (QED) is 0.687. The maximum atomic E-state index is 5.66. The molecular weight excluding hydrogens is 150 g/mol. The van der Waals surface area contributed by atoms with Crippen LogP contribution in [0.4, 0.5) is 0 Å². The first kappa shape index (κ1) is 10.0. The summed E-state index contributed by atoms with van der Waals surface area (Å²) in [5.74, 6) is 0.686. The van der Waals surface area contributed by atoms with Crippen molar-refractivity contribution in [1.82, 2.24) is 5.32 Å². The maximum Gasteiger partial charge on any atom is 0.0973 e. The van der Waals surface area contributed by atoms with E-state index in [0.29, 0.717) is 18.8 Å². The predicted octanol–water partition coefficient (Wildman–Crippen LogP) is 2.15. The number of rotatable bonds is 2. The van der Waals surface area contributed by atoms with Gasteiger partial charge in [-0.15, -0.1) is 0 Å². The Balaban J connectivity index is 2.46. The highest BCUT2D eigenvalue weighted by Gasteiger charge is 2.30. The predicted molar refractivity (Wildman–Crippen MR) is 51.0 cm³/mol. The van der Waals surface area contributed by atoms with Gasteiger partial charge in [0.25, 0.3) is 0 Å². The number of hydrogen-bond acceptors (Lipinski definition) is 2. The van der Waals surface area contributed by atoms with Crippen molar-refractivity contribution < 1.29 is 4.74 Å². The molecule has 1 saturated heterocycles. The smallest absolute Gasteiger partial charge is 0.0973 e. The molecule has 1 heterocycles. The molecule has 2 unspecified atom stereocenters. The zero-order chi connectivity index (χ0) is 9.19. The molecule has 1 fully saturated rings. The second kappa shape index (κ2) is 3.75. The van der Waals surface area contributed by atoms with Crippen LogP contribution in [0, 0.1) is 5.92 Å². The first-order chi connectivity index (χ1) is 5.55. The third-order valence-corrected chi connectivity index (χ3v) is 2.84. The summed E-state index contributed by atoms with van der Waals surface area (Å²) >= 11 is 0. The lowest BCUT2D eigenvalue weighted by molar-refractivity contribution is -0.0592. The Morgan fingerprint density at radius 3 is 2.75 bits per heavy atom. The summed E-state index contributed by atoms with van der Waals surface area (Å²) in [4.78, 5) is 0. The topological polar surface area (TPSA) is 21.3 Å². The van der Waals surface area contributed by atoms with Gasteiger partial charge in [0, 0.05) is 5.54 Å². The minimum Gasteiger partial charge on any atom is -0.363 e. The summed E-state index contributed by atoms with van der Waals surface area (Å²) < 4.78 is 5.66. The van der Waals surface area contributed by atoms with Crippen molar-refractivity contribution >= 4 is 0 Å². The van der Waals surface area contributed by atoms with E-state index in [1.54, 1.807) is 0 Å². The Morgan fingerprint density at radius 1 is 1.58 bits per heavy atom. The van der Waals surface area contributed by atoms with Crippen molar-refractivity contribution in [2.75, 3.05) is 6.73 Å². The van der Waals surface area contributed by atoms with Crippen LogP contribution in [-0.4, -0.2) is 18.4 Å². The fourth-order valence-electron chi connectivity index (χ4n) is 1.61. The highest BCUT2D eigenvalue weighted by molar-refractivity contribution is 4.85. The highest BCUT2D eigenvalue weighted by Crippen LogP contribution is 2.24. The van der Waals surface area contributed by atoms with E-state index in [9.17, 15) is 0 Å². The van der Waals surface area contributed by atoms with Gasteiger partial charge in [-0.05, 0) is 26.2 Å². The van der Waals surface area contributed by atoms with Crippen LogP contribution in [0.2, 0.25) is 0 Å². The first-order valence-electron chi connectivity index (χ1n) is 4.92. The van der Waals surface area contributed by atoms with Crippen LogP contribution in [0.15, 0.2) is 0 Å². The van der Waals surface area contributed by atoms with Gasteiger partial charge in [-0.2, -0.15) is 0 Å². The summed E-state index contributed by atoms with van der Waals surface area (Å²) in [6, 6.07) is 0. The van der Waals surface area contributed by atoms with Crippen LogP contribution < -0.4 is 5.32 Å². The van der Waals surface area contributed by atoms with Gasteiger partial charge in [-0.1, -0.05) is 20.3 Å². The summed E-state index contributed by atoms with van der Waals surface area (Å²) in [5.41, 5.74) is 0.256. The molecule has 0 bridgehead atoms. The van der Waals surface area contributed by atoms with Crippen LogP contribution in [0.1, 0.15) is 40.5 Å². The largest absolute Gasteiger partial charge is 0.363 e. The second-order valence-corrected chi connectivity index (χ2v) is 4.50. The molecule has 0 aromatic rings. The van der Waals surface area contributed by atoms with Crippen LogP contribution in [0.25, 0.3) is 0 Å². The first-order valence-corrected chi connectivity index (χ1v) is 4.92. The SMILES string of the molecule is CCC(C)C1CC(C)(C)NCO1. The zero-order valence-corrected chi connectivity index (χ0v) is 8.68. The molecule has 1 N–H and O–H groups in total. The molecule has 0 aromatic heterocycles. The maximum absolute atomic E-state index is 5.66. The summed E-state index contributed by atoms with van der Waals surface area (Å²) in [6.45, 7) is 9.69. The lowest BCUT2D eigenvalue weighted by Crippen LogP contribution is -2.50. The molecule has 2 nitrogen and oxygen atoms in total. The molecule has 0 radical (unpaired) electrons. The van der Waals surface area contributed by atoms with Gasteiger partial charge in [-0.3, -0.25) is 5.32 Å². The van der Waals surface area contributed by atoms with E-state index in [-0.39, 0.29) is 5.54 Å². The van der Waals surface area contributed by atoms with Crippen LogP contribution in [-0.2, 0) is 4.74 Å². The zero-order valence-electron chi connectivity index (χ0n) is 8.68. The van der Waals surface area contributed by atoms with E-state index in [2.05, 4.69) is 33.0 Å². The summed E-state index contributed by atoms with van der Waals surface area (Å²) in [7, 11) is 0. The highest BCUT2D eigenvalue weighted by atomic mass is 16.5. The number of hydrogen-bond donors (Lipinski definition) is 1. The van der Waals surface area contributed by atoms with Crippen molar-refractivity contribution in [2.45, 2.75) is 52.2 Å². The van der Waals surface area contributed by atoms with Gasteiger partial charge in [-0.25, -0.2) is 0 Å². The average Bonchev–Trinajstić information content (AvgIpc) is 2.01. The van der Waals surface area contributed by atoms with Gasteiger partial charge in [0.2, 0.25) is 0 Å². The minimum absolute atomic E-state index is 0.256. The van der Waals surface area contributed by atoms with Gasteiger partial charge >= 0.3 is 0 Å². The molecule has 2 atom stereocenters. The second-order valence-electron chi connectivity index (χ2n) is 4.50. The lowest BCUT2D eigenvalue weighted by Gasteiger charge is -2.38. The molecule has 1 aliphatic rings. The molecule has 0 saturated carbocycles. The van der Waals surface area contributed by atoms with Gasteiger partial charge in [0.15, 0.2) is 0 Å². The molecule has 2 heteroatoms. The van der Waals surface area contributed by atoms with Gasteiger partial charge in [0.05, 0.1) is 12.8 Å². The molecule has 1 rings (SSSR count). The molecule has 1 aliphatic heterocycles. The summed E-state index contributed by atoms with van der Waals surface area (Å²) in [5, 5.41) is 3.35. The molecule has 0 aromatic carbocycles. The third kappa shape index (κ3) is 2.46. The monoisotopic (exact) mass is 171 g/mol. The van der Waals surface area contributed by atoms with Gasteiger partial charge in [0.1, 0.15) is 0 Å². The molecule has 0 aliphatic carbocycles. The Bertz CT molecular complexity index is 145. The average molecular weight is 171 g/mol. The number of ether oxygens (including phenoxy) is 1. The molecule has 0 amide bonds. The van der Waals surface area contributed by atoms with Crippen molar-refractivity contribution in [3.05, 3.63) is 0 Å². The van der Waals surface area contributed by atoms with E-state index >= 15 is 0 Å². The van der Waals surface area contributed by atoms with E-state index in [1.807, 2.05) is 0 Å². The molecule has 0 spiro atoms. The molecule has 72 valence electrons.